The summed E-state index contributed by atoms with van der Waals surface area (Å²) in [7, 11) is 0. The average molecular weight is 352 g/mol. The highest BCUT2D eigenvalue weighted by molar-refractivity contribution is 7.71. The van der Waals surface area contributed by atoms with Gasteiger partial charge >= 0.3 is 0 Å². The van der Waals surface area contributed by atoms with Crippen LogP contribution in [0.5, 0.6) is 0 Å². The Hall–Kier alpha value is -1.51. The average Bonchev–Trinajstić information content (AvgIpc) is 3.25. The molecule has 1 saturated carbocycles. The number of hydrogen-bond donors (Lipinski definition) is 3. The van der Waals surface area contributed by atoms with E-state index in [1.54, 1.807) is 11.3 Å². The third-order valence-electron chi connectivity index (χ3n) is 4.24. The number of aliphatic hydroxyl groups is 1. The van der Waals surface area contributed by atoms with Gasteiger partial charge in [0.15, 0.2) is 10.6 Å². The summed E-state index contributed by atoms with van der Waals surface area (Å²) in [6.07, 6.45) is 2.93. The van der Waals surface area contributed by atoms with Gasteiger partial charge in [-0.15, -0.1) is 11.3 Å². The van der Waals surface area contributed by atoms with Crippen molar-refractivity contribution in [3.05, 3.63) is 22.3 Å². The second kappa shape index (κ2) is 7.37. The van der Waals surface area contributed by atoms with Crippen molar-refractivity contribution in [1.82, 2.24) is 20.1 Å². The van der Waals surface area contributed by atoms with Gasteiger partial charge in [-0.25, -0.2) is 0 Å². The lowest BCUT2D eigenvalue weighted by Crippen LogP contribution is -2.32. The minimum absolute atomic E-state index is 0.0238. The van der Waals surface area contributed by atoms with Gasteiger partial charge in [0.1, 0.15) is 0 Å². The molecule has 1 amide bonds. The number of rotatable bonds is 6. The smallest absolute Gasteiger partial charge is 0.221 e. The molecule has 1 aliphatic rings. The molecule has 1 aliphatic carbocycles. The zero-order chi connectivity index (χ0) is 16.2. The SMILES string of the molecule is O=C(CCn1c(-c2cccs2)n[nH]c1=S)NC[C@@H]1CCC[C@@H]1O. The molecule has 3 N–H and O–H groups in total. The van der Waals surface area contributed by atoms with Gasteiger partial charge in [0.2, 0.25) is 5.91 Å². The molecular formula is C15H20N4O2S2. The number of hydrogen-bond acceptors (Lipinski definition) is 5. The minimum Gasteiger partial charge on any atom is -0.393 e. The lowest BCUT2D eigenvalue weighted by Gasteiger charge is -2.15. The second-order valence-electron chi connectivity index (χ2n) is 5.79. The highest BCUT2D eigenvalue weighted by Crippen LogP contribution is 2.25. The molecule has 0 bridgehead atoms. The Morgan fingerprint density at radius 2 is 2.43 bits per heavy atom. The molecule has 0 radical (unpaired) electrons. The van der Waals surface area contributed by atoms with E-state index >= 15 is 0 Å². The number of carbonyl (C=O) groups excluding carboxylic acids is 1. The van der Waals surface area contributed by atoms with Gasteiger partial charge in [0.25, 0.3) is 0 Å². The standard InChI is InChI=1S/C15H20N4O2S2/c20-11-4-1-3-10(11)9-16-13(21)6-7-19-14(17-18-15(19)22)12-5-2-8-23-12/h2,5,8,10-11,20H,1,3-4,6-7,9H2,(H,16,21)(H,18,22)/t10-,11-/m0/s1. The molecule has 0 unspecified atom stereocenters. The van der Waals surface area contributed by atoms with E-state index in [9.17, 15) is 9.90 Å². The van der Waals surface area contributed by atoms with Crippen LogP contribution in [-0.2, 0) is 11.3 Å². The van der Waals surface area contributed by atoms with Gasteiger partial charge in [-0.3, -0.25) is 14.5 Å². The number of aromatic nitrogens is 3. The minimum atomic E-state index is -0.275. The highest BCUT2D eigenvalue weighted by Gasteiger charge is 2.25. The molecule has 0 spiro atoms. The normalized spacial score (nSPS) is 20.7. The van der Waals surface area contributed by atoms with Crippen molar-refractivity contribution in [2.75, 3.05) is 6.54 Å². The van der Waals surface area contributed by atoms with Crippen LogP contribution in [0.1, 0.15) is 25.7 Å². The van der Waals surface area contributed by atoms with Crippen LogP contribution >= 0.6 is 23.6 Å². The van der Waals surface area contributed by atoms with Gasteiger partial charge in [-0.2, -0.15) is 5.10 Å². The molecule has 0 aliphatic heterocycles. The van der Waals surface area contributed by atoms with Crippen LogP contribution in [0.3, 0.4) is 0 Å². The van der Waals surface area contributed by atoms with Crippen LogP contribution in [0.25, 0.3) is 10.7 Å². The highest BCUT2D eigenvalue weighted by atomic mass is 32.1. The van der Waals surface area contributed by atoms with Gasteiger partial charge in [0, 0.05) is 25.4 Å². The summed E-state index contributed by atoms with van der Waals surface area (Å²) in [5, 5.41) is 21.7. The number of amides is 1. The van der Waals surface area contributed by atoms with E-state index in [2.05, 4.69) is 15.5 Å². The van der Waals surface area contributed by atoms with Crippen LogP contribution in [0.15, 0.2) is 17.5 Å². The molecule has 2 aromatic heterocycles. The van der Waals surface area contributed by atoms with Gasteiger partial charge in [-0.05, 0) is 36.5 Å². The first kappa shape index (κ1) is 16.4. The monoisotopic (exact) mass is 352 g/mol. The maximum Gasteiger partial charge on any atom is 0.221 e. The van der Waals surface area contributed by atoms with Crippen molar-refractivity contribution in [2.45, 2.75) is 38.3 Å². The first-order chi connectivity index (χ1) is 11.1. The van der Waals surface area contributed by atoms with Crippen molar-refractivity contribution in [1.29, 1.82) is 0 Å². The van der Waals surface area contributed by atoms with Crippen LogP contribution in [-0.4, -0.2) is 38.4 Å². The fourth-order valence-electron chi connectivity index (χ4n) is 2.92. The third-order valence-corrected chi connectivity index (χ3v) is 5.42. The Bertz CT molecular complexity index is 707. The van der Waals surface area contributed by atoms with Crippen LogP contribution < -0.4 is 5.32 Å². The predicted octanol–water partition coefficient (Wildman–Crippen LogP) is 2.34. The number of aliphatic hydroxyl groups excluding tert-OH is 1. The molecule has 2 atom stereocenters. The van der Waals surface area contributed by atoms with E-state index < -0.39 is 0 Å². The Balaban J connectivity index is 1.55. The quantitative estimate of drug-likeness (QED) is 0.697. The lowest BCUT2D eigenvalue weighted by molar-refractivity contribution is -0.121. The zero-order valence-corrected chi connectivity index (χ0v) is 14.3. The largest absolute Gasteiger partial charge is 0.393 e. The fraction of sp³-hybridized carbons (Fsp3) is 0.533. The Morgan fingerprint density at radius 3 is 3.13 bits per heavy atom. The number of aromatic amines is 1. The first-order valence-electron chi connectivity index (χ1n) is 7.79. The lowest BCUT2D eigenvalue weighted by atomic mass is 10.1. The molecular weight excluding hydrogens is 332 g/mol. The second-order valence-corrected chi connectivity index (χ2v) is 7.13. The van der Waals surface area contributed by atoms with E-state index in [4.69, 9.17) is 12.2 Å². The van der Waals surface area contributed by atoms with Gasteiger partial charge in [-0.1, -0.05) is 12.5 Å². The number of carbonyl (C=O) groups is 1. The Morgan fingerprint density at radius 1 is 1.57 bits per heavy atom. The molecule has 2 heterocycles. The van der Waals surface area contributed by atoms with Crippen LogP contribution in [0.2, 0.25) is 0 Å². The van der Waals surface area contributed by atoms with Gasteiger partial charge in [0.05, 0.1) is 11.0 Å². The number of nitrogens with one attached hydrogen (secondary N) is 2. The van der Waals surface area contributed by atoms with E-state index in [1.165, 1.54) is 0 Å². The number of thiophene rings is 1. The first-order valence-corrected chi connectivity index (χ1v) is 9.08. The number of nitrogens with zero attached hydrogens (tertiary/aromatic N) is 2. The summed E-state index contributed by atoms with van der Waals surface area (Å²) in [4.78, 5) is 13.1. The zero-order valence-electron chi connectivity index (χ0n) is 12.7. The molecule has 1 fully saturated rings. The number of H-pyrrole nitrogens is 1. The molecule has 2 aromatic rings. The van der Waals surface area contributed by atoms with Crippen molar-refractivity contribution >= 4 is 29.5 Å². The summed E-state index contributed by atoms with van der Waals surface area (Å²) in [5.41, 5.74) is 0. The van der Waals surface area contributed by atoms with Crippen LogP contribution in [0, 0.1) is 10.7 Å². The summed E-state index contributed by atoms with van der Waals surface area (Å²) in [6.45, 7) is 1.04. The van der Waals surface area contributed by atoms with Crippen molar-refractivity contribution in [3.63, 3.8) is 0 Å². The maximum absolute atomic E-state index is 12.0. The maximum atomic E-state index is 12.0. The third kappa shape index (κ3) is 3.88. The van der Waals surface area contributed by atoms with Crippen LogP contribution in [0.4, 0.5) is 0 Å². The van der Waals surface area contributed by atoms with Crippen molar-refractivity contribution in [2.24, 2.45) is 5.92 Å². The van der Waals surface area contributed by atoms with E-state index in [-0.39, 0.29) is 17.9 Å². The molecule has 23 heavy (non-hydrogen) atoms. The van der Waals surface area contributed by atoms with Crippen molar-refractivity contribution < 1.29 is 9.90 Å². The van der Waals surface area contributed by atoms with Crippen molar-refractivity contribution in [3.8, 4) is 10.7 Å². The molecule has 0 saturated heterocycles. The van der Waals surface area contributed by atoms with E-state index in [0.717, 1.165) is 30.0 Å². The molecule has 0 aromatic carbocycles. The topological polar surface area (TPSA) is 82.9 Å². The molecule has 124 valence electrons. The summed E-state index contributed by atoms with van der Waals surface area (Å²) >= 11 is 6.84. The predicted molar refractivity (Wildman–Crippen MR) is 91.7 cm³/mol. The molecule has 8 heteroatoms. The Labute approximate surface area is 143 Å². The molecule has 3 rings (SSSR count). The van der Waals surface area contributed by atoms with E-state index in [1.807, 2.05) is 22.1 Å². The molecule has 6 nitrogen and oxygen atoms in total. The summed E-state index contributed by atoms with van der Waals surface area (Å²) in [6, 6.07) is 3.94. The summed E-state index contributed by atoms with van der Waals surface area (Å²) in [5.74, 6) is 0.935. The van der Waals surface area contributed by atoms with E-state index in [0.29, 0.717) is 24.3 Å². The fourth-order valence-corrected chi connectivity index (χ4v) is 3.87. The van der Waals surface area contributed by atoms with Gasteiger partial charge < -0.3 is 10.4 Å². The summed E-state index contributed by atoms with van der Waals surface area (Å²) < 4.78 is 2.37. The Kier molecular flexibility index (Phi) is 5.24.